The molecule has 1 unspecified atom stereocenters. The highest BCUT2D eigenvalue weighted by molar-refractivity contribution is 6.31. The third-order valence-corrected chi connectivity index (χ3v) is 4.32. The van der Waals surface area contributed by atoms with E-state index in [0.29, 0.717) is 17.3 Å². The molecule has 0 spiro atoms. The van der Waals surface area contributed by atoms with E-state index in [2.05, 4.69) is 10.6 Å². The first kappa shape index (κ1) is 12.7. The first-order valence-electron chi connectivity index (χ1n) is 6.71. The van der Waals surface area contributed by atoms with E-state index >= 15 is 0 Å². The average Bonchev–Trinajstić information content (AvgIpc) is 2.41. The summed E-state index contributed by atoms with van der Waals surface area (Å²) < 4.78 is 13.5. The first-order valence-corrected chi connectivity index (χ1v) is 7.09. The fourth-order valence-electron chi connectivity index (χ4n) is 3.01. The van der Waals surface area contributed by atoms with E-state index in [1.165, 1.54) is 18.6 Å². The van der Waals surface area contributed by atoms with E-state index in [-0.39, 0.29) is 17.0 Å². The summed E-state index contributed by atoms with van der Waals surface area (Å²) in [6.07, 6.45) is 5.68. The molecule has 1 saturated carbocycles. The summed E-state index contributed by atoms with van der Waals surface area (Å²) in [6, 6.07) is 2.55. The Morgan fingerprint density at radius 2 is 1.89 bits per heavy atom. The Labute approximate surface area is 116 Å². The van der Waals surface area contributed by atoms with Crippen LogP contribution in [0.3, 0.4) is 0 Å². The molecule has 1 heterocycles. The van der Waals surface area contributed by atoms with Crippen molar-refractivity contribution in [1.82, 2.24) is 0 Å². The van der Waals surface area contributed by atoms with Crippen molar-refractivity contribution in [3.05, 3.63) is 23.0 Å². The molecule has 1 amide bonds. The maximum Gasteiger partial charge on any atom is 0.247 e. The van der Waals surface area contributed by atoms with Crippen molar-refractivity contribution in [2.24, 2.45) is 5.92 Å². The van der Waals surface area contributed by atoms with Gasteiger partial charge >= 0.3 is 0 Å². The number of amides is 1. The molecule has 0 bridgehead atoms. The molecule has 1 aliphatic carbocycles. The number of hydrogen-bond acceptors (Lipinski definition) is 2. The van der Waals surface area contributed by atoms with E-state index in [9.17, 15) is 9.18 Å². The summed E-state index contributed by atoms with van der Waals surface area (Å²) >= 11 is 5.72. The maximum atomic E-state index is 13.5. The Balaban J connectivity index is 1.86. The molecular weight excluding hydrogens is 267 g/mol. The number of fused-ring (bicyclic) bond motifs is 1. The van der Waals surface area contributed by atoms with Gasteiger partial charge in [0, 0.05) is 6.07 Å². The Bertz CT molecular complexity index is 514. The van der Waals surface area contributed by atoms with Crippen molar-refractivity contribution in [1.29, 1.82) is 0 Å². The van der Waals surface area contributed by atoms with Gasteiger partial charge in [-0.05, 0) is 24.8 Å². The van der Waals surface area contributed by atoms with E-state index in [0.717, 1.165) is 25.7 Å². The summed E-state index contributed by atoms with van der Waals surface area (Å²) in [5, 5.41) is 6.02. The van der Waals surface area contributed by atoms with Gasteiger partial charge in [0.15, 0.2) is 0 Å². The molecular formula is C14H16ClFN2O. The van der Waals surface area contributed by atoms with Crippen molar-refractivity contribution < 1.29 is 9.18 Å². The highest BCUT2D eigenvalue weighted by Crippen LogP contribution is 2.36. The minimum atomic E-state index is -0.466. The van der Waals surface area contributed by atoms with Crippen LogP contribution in [0.2, 0.25) is 5.02 Å². The molecule has 102 valence electrons. The van der Waals surface area contributed by atoms with E-state index in [4.69, 9.17) is 11.6 Å². The number of nitrogens with one attached hydrogen (secondary N) is 2. The average molecular weight is 283 g/mol. The van der Waals surface area contributed by atoms with Crippen molar-refractivity contribution in [2.75, 3.05) is 10.6 Å². The molecule has 1 atom stereocenters. The lowest BCUT2D eigenvalue weighted by Gasteiger charge is -2.34. The molecule has 0 saturated heterocycles. The Kier molecular flexibility index (Phi) is 3.35. The number of carbonyl (C=O) groups is 1. The van der Waals surface area contributed by atoms with Crippen LogP contribution < -0.4 is 10.6 Å². The van der Waals surface area contributed by atoms with Crippen LogP contribution in [0.4, 0.5) is 15.8 Å². The Hall–Kier alpha value is -1.29. The van der Waals surface area contributed by atoms with Gasteiger partial charge < -0.3 is 10.6 Å². The van der Waals surface area contributed by atoms with E-state index in [1.54, 1.807) is 0 Å². The number of hydrogen-bond donors (Lipinski definition) is 2. The predicted octanol–water partition coefficient (Wildman–Crippen LogP) is 3.79. The van der Waals surface area contributed by atoms with Gasteiger partial charge in [0.05, 0.1) is 16.4 Å². The molecule has 0 radical (unpaired) electrons. The summed E-state index contributed by atoms with van der Waals surface area (Å²) in [5.41, 5.74) is 1.18. The molecule has 19 heavy (non-hydrogen) atoms. The van der Waals surface area contributed by atoms with Crippen LogP contribution in [0.5, 0.6) is 0 Å². The number of rotatable bonds is 1. The topological polar surface area (TPSA) is 41.1 Å². The molecule has 2 N–H and O–H groups in total. The van der Waals surface area contributed by atoms with Crippen LogP contribution >= 0.6 is 11.6 Å². The Morgan fingerprint density at radius 3 is 2.63 bits per heavy atom. The van der Waals surface area contributed by atoms with Crippen molar-refractivity contribution in [3.8, 4) is 0 Å². The van der Waals surface area contributed by atoms with Gasteiger partial charge in [0.2, 0.25) is 5.91 Å². The highest BCUT2D eigenvalue weighted by Gasteiger charge is 2.33. The standard InChI is InChI=1S/C14H16ClFN2O/c15-9-6-11-12(7-10(9)16)17-13(14(19)18-11)8-4-2-1-3-5-8/h6-8,13,17H,1-5H2,(H,18,19). The summed E-state index contributed by atoms with van der Waals surface area (Å²) in [4.78, 5) is 12.1. The first-order chi connectivity index (χ1) is 9.15. The second-order valence-electron chi connectivity index (χ2n) is 5.32. The largest absolute Gasteiger partial charge is 0.372 e. The molecule has 3 nitrogen and oxygen atoms in total. The summed E-state index contributed by atoms with van der Waals surface area (Å²) in [6.45, 7) is 0. The van der Waals surface area contributed by atoms with Gasteiger partial charge in [-0.1, -0.05) is 30.9 Å². The van der Waals surface area contributed by atoms with Gasteiger partial charge in [0.25, 0.3) is 0 Å². The van der Waals surface area contributed by atoms with Crippen LogP contribution in [0.1, 0.15) is 32.1 Å². The van der Waals surface area contributed by atoms with E-state index < -0.39 is 5.82 Å². The minimum absolute atomic E-state index is 0.0250. The summed E-state index contributed by atoms with van der Waals surface area (Å²) in [5.74, 6) is -0.172. The molecule has 2 aliphatic rings. The van der Waals surface area contributed by atoms with Crippen LogP contribution in [-0.4, -0.2) is 11.9 Å². The molecule has 1 aromatic carbocycles. The molecule has 3 rings (SSSR count). The lowest BCUT2D eigenvalue weighted by atomic mass is 9.83. The monoisotopic (exact) mass is 282 g/mol. The lowest BCUT2D eigenvalue weighted by Crippen LogP contribution is -2.44. The molecule has 0 aromatic heterocycles. The van der Waals surface area contributed by atoms with Gasteiger partial charge in [-0.2, -0.15) is 0 Å². The van der Waals surface area contributed by atoms with Crippen LogP contribution in [0.15, 0.2) is 12.1 Å². The smallest absolute Gasteiger partial charge is 0.247 e. The van der Waals surface area contributed by atoms with Gasteiger partial charge in [-0.25, -0.2) is 4.39 Å². The van der Waals surface area contributed by atoms with Crippen LogP contribution in [-0.2, 0) is 4.79 Å². The highest BCUT2D eigenvalue weighted by atomic mass is 35.5. The van der Waals surface area contributed by atoms with Gasteiger partial charge in [0.1, 0.15) is 11.9 Å². The molecule has 1 aromatic rings. The van der Waals surface area contributed by atoms with E-state index in [1.807, 2.05) is 0 Å². The zero-order valence-corrected chi connectivity index (χ0v) is 11.3. The number of halogens is 2. The number of anilines is 2. The maximum absolute atomic E-state index is 13.5. The second kappa shape index (κ2) is 5.00. The fraction of sp³-hybridized carbons (Fsp3) is 0.500. The lowest BCUT2D eigenvalue weighted by molar-refractivity contribution is -0.118. The van der Waals surface area contributed by atoms with Gasteiger partial charge in [-0.3, -0.25) is 4.79 Å². The number of carbonyl (C=O) groups excluding carboxylic acids is 1. The third kappa shape index (κ3) is 2.41. The Morgan fingerprint density at radius 1 is 1.16 bits per heavy atom. The predicted molar refractivity (Wildman–Crippen MR) is 74.0 cm³/mol. The van der Waals surface area contributed by atoms with Crippen LogP contribution in [0.25, 0.3) is 0 Å². The van der Waals surface area contributed by atoms with Crippen LogP contribution in [0, 0.1) is 11.7 Å². The summed E-state index contributed by atoms with van der Waals surface area (Å²) in [7, 11) is 0. The molecule has 5 heteroatoms. The minimum Gasteiger partial charge on any atom is -0.372 e. The quantitative estimate of drug-likeness (QED) is 0.823. The zero-order chi connectivity index (χ0) is 13.4. The molecule has 1 fully saturated rings. The van der Waals surface area contributed by atoms with Crippen molar-refractivity contribution in [2.45, 2.75) is 38.1 Å². The second-order valence-corrected chi connectivity index (χ2v) is 5.73. The SMILES string of the molecule is O=C1Nc2cc(Cl)c(F)cc2NC1C1CCCCC1. The van der Waals surface area contributed by atoms with Crippen molar-refractivity contribution >= 4 is 28.9 Å². The number of benzene rings is 1. The normalized spacial score (nSPS) is 23.5. The zero-order valence-electron chi connectivity index (χ0n) is 10.5. The fourth-order valence-corrected chi connectivity index (χ4v) is 3.18. The van der Waals surface area contributed by atoms with Crippen molar-refractivity contribution in [3.63, 3.8) is 0 Å². The molecule has 1 aliphatic heterocycles. The third-order valence-electron chi connectivity index (χ3n) is 4.03. The van der Waals surface area contributed by atoms with Gasteiger partial charge in [-0.15, -0.1) is 0 Å².